The molecule has 0 spiro atoms. The van der Waals surface area contributed by atoms with Gasteiger partial charge in [0.25, 0.3) is 0 Å². The van der Waals surface area contributed by atoms with Crippen LogP contribution < -0.4 is 15.4 Å². The van der Waals surface area contributed by atoms with Gasteiger partial charge in [0.05, 0.1) is 0 Å². The maximum atomic E-state index is 13.2. The molecule has 0 saturated carbocycles. The maximum Gasteiger partial charge on any atom is 0.408 e. The van der Waals surface area contributed by atoms with E-state index in [-0.39, 0.29) is 18.9 Å². The second kappa shape index (κ2) is 13.1. The maximum absolute atomic E-state index is 13.2. The predicted octanol–water partition coefficient (Wildman–Crippen LogP) is 5.75. The number of alkyl carbamates (subject to hydrolysis) is 1. The van der Waals surface area contributed by atoms with Crippen LogP contribution in [-0.2, 0) is 29.2 Å². The Kier molecular flexibility index (Phi) is 9.07. The highest BCUT2D eigenvalue weighted by Crippen LogP contribution is 2.17. The minimum Gasteiger partial charge on any atom is -0.489 e. The molecular formula is C31H31N3O4. The van der Waals surface area contributed by atoms with Gasteiger partial charge < -0.3 is 20.1 Å². The topological polar surface area (TPSA) is 89.5 Å². The highest BCUT2D eigenvalue weighted by atomic mass is 16.5. The monoisotopic (exact) mass is 509 g/mol. The molecule has 1 aromatic heterocycles. The fourth-order valence-corrected chi connectivity index (χ4v) is 3.93. The zero-order valence-corrected chi connectivity index (χ0v) is 21.5. The Morgan fingerprint density at radius 2 is 1.42 bits per heavy atom. The number of amides is 2. The zero-order chi connectivity index (χ0) is 26.7. The summed E-state index contributed by atoms with van der Waals surface area (Å²) in [5, 5.41) is 5.54. The number of aromatic nitrogens is 1. The standard InChI is InChI=1S/C31H31N3O4/c1-22-17-23(2)32-29(18-22)34-30(35)28(33-31(36)38-21-26-11-7-4-8-12-26)19-24-13-15-27(16-14-24)37-20-25-9-5-3-6-10-25/h3-18,28H,19-21H2,1-2H3,(H,33,36)(H,32,34,35)/t28-/m0/s1. The van der Waals surface area contributed by atoms with Crippen LogP contribution in [0.2, 0.25) is 0 Å². The van der Waals surface area contributed by atoms with Crippen molar-refractivity contribution in [3.8, 4) is 5.75 Å². The van der Waals surface area contributed by atoms with Crippen molar-refractivity contribution in [2.75, 3.05) is 5.32 Å². The fraction of sp³-hybridized carbons (Fsp3) is 0.194. The van der Waals surface area contributed by atoms with Crippen LogP contribution in [0.5, 0.6) is 5.75 Å². The number of nitrogens with one attached hydrogen (secondary N) is 2. The Hall–Kier alpha value is -4.65. The van der Waals surface area contributed by atoms with Crippen molar-refractivity contribution >= 4 is 17.8 Å². The van der Waals surface area contributed by atoms with Crippen LogP contribution >= 0.6 is 0 Å². The molecule has 2 amide bonds. The molecule has 0 saturated heterocycles. The Morgan fingerprint density at radius 3 is 2.05 bits per heavy atom. The molecule has 0 fully saturated rings. The molecule has 1 heterocycles. The van der Waals surface area contributed by atoms with Crippen LogP contribution in [0.25, 0.3) is 0 Å². The summed E-state index contributed by atoms with van der Waals surface area (Å²) in [6, 6.07) is 29.6. The van der Waals surface area contributed by atoms with Crippen LogP contribution in [-0.4, -0.2) is 23.0 Å². The van der Waals surface area contributed by atoms with E-state index in [9.17, 15) is 9.59 Å². The summed E-state index contributed by atoms with van der Waals surface area (Å²) in [6.45, 7) is 4.36. The van der Waals surface area contributed by atoms with E-state index < -0.39 is 12.1 Å². The van der Waals surface area contributed by atoms with E-state index in [1.165, 1.54) is 0 Å². The van der Waals surface area contributed by atoms with Crippen molar-refractivity contribution in [3.63, 3.8) is 0 Å². The summed E-state index contributed by atoms with van der Waals surface area (Å²) < 4.78 is 11.2. The number of aryl methyl sites for hydroxylation is 2. The smallest absolute Gasteiger partial charge is 0.408 e. The van der Waals surface area contributed by atoms with E-state index in [0.717, 1.165) is 27.9 Å². The molecule has 0 radical (unpaired) electrons. The number of carbonyl (C=O) groups excluding carboxylic acids is 2. The van der Waals surface area contributed by atoms with Crippen LogP contribution in [0, 0.1) is 13.8 Å². The molecule has 7 nitrogen and oxygen atoms in total. The van der Waals surface area contributed by atoms with E-state index in [0.29, 0.717) is 18.2 Å². The van der Waals surface area contributed by atoms with Gasteiger partial charge in [-0.3, -0.25) is 4.79 Å². The summed E-state index contributed by atoms with van der Waals surface area (Å²) >= 11 is 0. The number of ether oxygens (including phenoxy) is 2. The van der Waals surface area contributed by atoms with Gasteiger partial charge in [0, 0.05) is 12.1 Å². The first-order valence-electron chi connectivity index (χ1n) is 12.4. The average Bonchev–Trinajstić information content (AvgIpc) is 2.92. The van der Waals surface area contributed by atoms with E-state index in [1.54, 1.807) is 6.07 Å². The van der Waals surface area contributed by atoms with E-state index >= 15 is 0 Å². The number of benzene rings is 3. The summed E-state index contributed by atoms with van der Waals surface area (Å²) in [7, 11) is 0. The van der Waals surface area contributed by atoms with Crippen LogP contribution in [0.1, 0.15) is 27.9 Å². The Bertz CT molecular complexity index is 1320. The summed E-state index contributed by atoms with van der Waals surface area (Å²) in [6.07, 6.45) is -0.416. The number of hydrogen-bond donors (Lipinski definition) is 2. The minimum atomic E-state index is -0.878. The van der Waals surface area contributed by atoms with E-state index in [1.807, 2.05) is 105 Å². The largest absolute Gasteiger partial charge is 0.489 e. The molecule has 194 valence electrons. The third kappa shape index (κ3) is 8.20. The molecule has 0 unspecified atom stereocenters. The number of hydrogen-bond acceptors (Lipinski definition) is 5. The van der Waals surface area contributed by atoms with Gasteiger partial charge in [-0.1, -0.05) is 72.8 Å². The molecule has 4 rings (SSSR count). The van der Waals surface area contributed by atoms with Crippen molar-refractivity contribution < 1.29 is 19.1 Å². The molecule has 0 bridgehead atoms. The van der Waals surface area contributed by atoms with Crippen molar-refractivity contribution in [3.05, 3.63) is 125 Å². The van der Waals surface area contributed by atoms with Gasteiger partial charge in [0.15, 0.2) is 0 Å². The fourth-order valence-electron chi connectivity index (χ4n) is 3.93. The molecule has 4 aromatic rings. The summed E-state index contributed by atoms with van der Waals surface area (Å²) in [4.78, 5) is 30.2. The lowest BCUT2D eigenvalue weighted by atomic mass is 10.0. The second-order valence-corrected chi connectivity index (χ2v) is 9.04. The third-order valence-electron chi connectivity index (χ3n) is 5.78. The quantitative estimate of drug-likeness (QED) is 0.284. The SMILES string of the molecule is Cc1cc(C)nc(NC(=O)[C@H](Cc2ccc(OCc3ccccc3)cc2)NC(=O)OCc2ccccc2)c1. The highest BCUT2D eigenvalue weighted by Gasteiger charge is 2.23. The van der Waals surface area contributed by atoms with Gasteiger partial charge in [-0.2, -0.15) is 0 Å². The van der Waals surface area contributed by atoms with Crippen molar-refractivity contribution in [1.82, 2.24) is 10.3 Å². The van der Waals surface area contributed by atoms with E-state index in [2.05, 4.69) is 15.6 Å². The molecule has 3 aromatic carbocycles. The zero-order valence-electron chi connectivity index (χ0n) is 21.5. The van der Waals surface area contributed by atoms with Crippen LogP contribution in [0.4, 0.5) is 10.6 Å². The molecule has 0 aliphatic heterocycles. The van der Waals surface area contributed by atoms with Crippen LogP contribution in [0.15, 0.2) is 97.1 Å². The average molecular weight is 510 g/mol. The van der Waals surface area contributed by atoms with Crippen LogP contribution in [0.3, 0.4) is 0 Å². The highest BCUT2D eigenvalue weighted by molar-refractivity contribution is 5.96. The number of rotatable bonds is 10. The molecule has 0 aliphatic carbocycles. The lowest BCUT2D eigenvalue weighted by molar-refractivity contribution is -0.118. The number of pyridine rings is 1. The summed E-state index contributed by atoms with van der Waals surface area (Å²) in [5.74, 6) is 0.762. The van der Waals surface area contributed by atoms with Gasteiger partial charge >= 0.3 is 6.09 Å². The van der Waals surface area contributed by atoms with Gasteiger partial charge in [0.2, 0.25) is 5.91 Å². The first-order chi connectivity index (χ1) is 18.4. The number of anilines is 1. The van der Waals surface area contributed by atoms with Gasteiger partial charge in [-0.15, -0.1) is 0 Å². The third-order valence-corrected chi connectivity index (χ3v) is 5.78. The minimum absolute atomic E-state index is 0.104. The molecular weight excluding hydrogens is 478 g/mol. The Balaban J connectivity index is 1.42. The van der Waals surface area contributed by atoms with Crippen molar-refractivity contribution in [1.29, 1.82) is 0 Å². The van der Waals surface area contributed by atoms with Crippen molar-refractivity contribution in [2.24, 2.45) is 0 Å². The first kappa shape index (κ1) is 26.4. The predicted molar refractivity (Wildman–Crippen MR) is 147 cm³/mol. The van der Waals surface area contributed by atoms with E-state index in [4.69, 9.17) is 9.47 Å². The lowest BCUT2D eigenvalue weighted by Gasteiger charge is -2.19. The number of nitrogens with zero attached hydrogens (tertiary/aromatic N) is 1. The van der Waals surface area contributed by atoms with Crippen molar-refractivity contribution in [2.45, 2.75) is 39.5 Å². The molecule has 0 aliphatic rings. The van der Waals surface area contributed by atoms with Gasteiger partial charge in [-0.05, 0) is 60.4 Å². The molecule has 7 heteroatoms. The molecule has 1 atom stereocenters. The van der Waals surface area contributed by atoms with Gasteiger partial charge in [0.1, 0.15) is 30.8 Å². The first-order valence-corrected chi connectivity index (χ1v) is 12.4. The summed E-state index contributed by atoms with van der Waals surface area (Å²) in [5.41, 5.74) is 4.55. The Morgan fingerprint density at radius 1 is 0.789 bits per heavy atom. The molecule has 38 heavy (non-hydrogen) atoms. The Labute approximate surface area is 222 Å². The number of carbonyl (C=O) groups is 2. The normalized spacial score (nSPS) is 11.3. The van der Waals surface area contributed by atoms with Gasteiger partial charge in [-0.25, -0.2) is 9.78 Å². The second-order valence-electron chi connectivity index (χ2n) is 9.04. The molecule has 2 N–H and O–H groups in total. The lowest BCUT2D eigenvalue weighted by Crippen LogP contribution is -2.45.